The third-order valence-corrected chi connectivity index (χ3v) is 4.76. The molecule has 2 rings (SSSR count). The maximum absolute atomic E-state index is 13.4. The summed E-state index contributed by atoms with van der Waals surface area (Å²) in [6.45, 7) is 0. The fourth-order valence-corrected chi connectivity index (χ4v) is 3.50. The van der Waals surface area contributed by atoms with Crippen LogP contribution in [0.4, 0.5) is 10.1 Å². The molecular weight excluding hydrogens is 255 g/mol. The van der Waals surface area contributed by atoms with Crippen LogP contribution >= 0.6 is 0 Å². The molecule has 0 amide bonds. The lowest BCUT2D eigenvalue weighted by atomic mass is 10.1. The van der Waals surface area contributed by atoms with E-state index in [0.717, 1.165) is 0 Å². The molecule has 0 atom stereocenters. The molecule has 1 saturated heterocycles. The molecule has 6 heteroatoms. The van der Waals surface area contributed by atoms with Crippen LogP contribution in [0.15, 0.2) is 18.2 Å². The fraction of sp³-hybridized carbons (Fsp3) is 0.417. The van der Waals surface area contributed by atoms with Crippen LogP contribution in [-0.4, -0.2) is 26.0 Å². The van der Waals surface area contributed by atoms with E-state index in [1.165, 1.54) is 12.1 Å². The van der Waals surface area contributed by atoms with E-state index < -0.39 is 15.7 Å². The second kappa shape index (κ2) is 4.94. The predicted octanol–water partition coefficient (Wildman–Crippen LogP) is 1.69. The number of nitriles is 1. The molecule has 1 aromatic carbocycles. The summed E-state index contributed by atoms with van der Waals surface area (Å²) in [5.41, 5.74) is 0.410. The summed E-state index contributed by atoms with van der Waals surface area (Å²) in [5.74, 6) is -0.282. The molecule has 0 bridgehead atoms. The highest BCUT2D eigenvalue weighted by Gasteiger charge is 2.24. The van der Waals surface area contributed by atoms with Crippen molar-refractivity contribution in [2.45, 2.75) is 18.9 Å². The first-order chi connectivity index (χ1) is 8.52. The lowest BCUT2D eigenvalue weighted by molar-refractivity contribution is 0.559. The molecule has 1 fully saturated rings. The Balaban J connectivity index is 2.12. The number of nitrogens with zero attached hydrogens (tertiary/aromatic N) is 1. The molecule has 0 aromatic heterocycles. The van der Waals surface area contributed by atoms with E-state index in [2.05, 4.69) is 5.32 Å². The van der Waals surface area contributed by atoms with Gasteiger partial charge >= 0.3 is 0 Å². The van der Waals surface area contributed by atoms with Crippen LogP contribution in [0.5, 0.6) is 0 Å². The predicted molar refractivity (Wildman–Crippen MR) is 66.4 cm³/mol. The lowest BCUT2D eigenvalue weighted by Gasteiger charge is -2.24. The van der Waals surface area contributed by atoms with Crippen LogP contribution in [-0.2, 0) is 9.84 Å². The minimum Gasteiger partial charge on any atom is -0.381 e. The Morgan fingerprint density at radius 2 is 2.00 bits per heavy atom. The van der Waals surface area contributed by atoms with Gasteiger partial charge in [0.1, 0.15) is 27.3 Å². The summed E-state index contributed by atoms with van der Waals surface area (Å²) in [5, 5.41) is 11.9. The number of sulfone groups is 1. The van der Waals surface area contributed by atoms with Gasteiger partial charge in [-0.1, -0.05) is 6.07 Å². The largest absolute Gasteiger partial charge is 0.381 e. The van der Waals surface area contributed by atoms with Crippen LogP contribution in [0.2, 0.25) is 0 Å². The zero-order chi connectivity index (χ0) is 13.2. The van der Waals surface area contributed by atoms with Crippen molar-refractivity contribution in [2.24, 2.45) is 0 Å². The van der Waals surface area contributed by atoms with Gasteiger partial charge in [0.25, 0.3) is 0 Å². The molecule has 1 aromatic rings. The number of hydrogen-bond acceptors (Lipinski definition) is 4. The molecule has 1 N–H and O–H groups in total. The van der Waals surface area contributed by atoms with E-state index in [1.54, 1.807) is 6.07 Å². The third-order valence-electron chi connectivity index (χ3n) is 3.04. The van der Waals surface area contributed by atoms with E-state index in [-0.39, 0.29) is 23.1 Å². The molecule has 0 aliphatic carbocycles. The first-order valence-electron chi connectivity index (χ1n) is 5.67. The summed E-state index contributed by atoms with van der Waals surface area (Å²) in [4.78, 5) is 0. The van der Waals surface area contributed by atoms with Crippen molar-refractivity contribution in [3.05, 3.63) is 29.6 Å². The normalized spacial score (nSPS) is 19.1. The molecule has 0 unspecified atom stereocenters. The Kier molecular flexibility index (Phi) is 3.53. The summed E-state index contributed by atoms with van der Waals surface area (Å²) < 4.78 is 35.9. The van der Waals surface area contributed by atoms with Crippen molar-refractivity contribution >= 4 is 15.5 Å². The first kappa shape index (κ1) is 12.8. The smallest absolute Gasteiger partial charge is 0.150 e. The fourth-order valence-electron chi connectivity index (χ4n) is 2.01. The minimum atomic E-state index is -2.91. The highest BCUT2D eigenvalue weighted by Crippen LogP contribution is 2.22. The van der Waals surface area contributed by atoms with E-state index in [1.807, 2.05) is 6.07 Å². The van der Waals surface area contributed by atoms with Crippen molar-refractivity contribution in [2.75, 3.05) is 16.8 Å². The van der Waals surface area contributed by atoms with Crippen molar-refractivity contribution in [1.29, 1.82) is 5.26 Å². The van der Waals surface area contributed by atoms with Gasteiger partial charge in [-0.15, -0.1) is 0 Å². The Morgan fingerprint density at radius 3 is 2.61 bits per heavy atom. The van der Waals surface area contributed by atoms with E-state index in [9.17, 15) is 12.8 Å². The second-order valence-electron chi connectivity index (χ2n) is 4.34. The van der Waals surface area contributed by atoms with Crippen LogP contribution in [0.3, 0.4) is 0 Å². The van der Waals surface area contributed by atoms with Gasteiger partial charge in [-0.2, -0.15) is 5.26 Å². The molecule has 1 aliphatic rings. The maximum Gasteiger partial charge on any atom is 0.150 e. The number of nitrogens with one attached hydrogen (secondary N) is 1. The van der Waals surface area contributed by atoms with Gasteiger partial charge in [0, 0.05) is 6.04 Å². The van der Waals surface area contributed by atoms with Crippen molar-refractivity contribution < 1.29 is 12.8 Å². The highest BCUT2D eigenvalue weighted by atomic mass is 32.2. The highest BCUT2D eigenvalue weighted by molar-refractivity contribution is 7.91. The molecule has 0 saturated carbocycles. The Hall–Kier alpha value is -1.61. The number of benzene rings is 1. The van der Waals surface area contributed by atoms with Gasteiger partial charge in [-0.05, 0) is 25.0 Å². The molecule has 1 aliphatic heterocycles. The van der Waals surface area contributed by atoms with E-state index >= 15 is 0 Å². The monoisotopic (exact) mass is 268 g/mol. The van der Waals surface area contributed by atoms with Gasteiger partial charge in [-0.25, -0.2) is 12.8 Å². The third kappa shape index (κ3) is 2.79. The van der Waals surface area contributed by atoms with Gasteiger partial charge in [0.05, 0.1) is 17.2 Å². The van der Waals surface area contributed by atoms with Crippen LogP contribution in [0, 0.1) is 17.1 Å². The lowest BCUT2D eigenvalue weighted by Crippen LogP contribution is -2.32. The van der Waals surface area contributed by atoms with E-state index in [0.29, 0.717) is 18.5 Å². The van der Waals surface area contributed by atoms with Crippen molar-refractivity contribution in [1.82, 2.24) is 0 Å². The zero-order valence-electron chi connectivity index (χ0n) is 9.69. The summed E-state index contributed by atoms with van der Waals surface area (Å²) in [6, 6.07) is 6.18. The number of halogens is 1. The topological polar surface area (TPSA) is 70.0 Å². The van der Waals surface area contributed by atoms with Crippen molar-refractivity contribution in [3.63, 3.8) is 0 Å². The SMILES string of the molecule is N#Cc1c(F)cccc1NC1CCS(=O)(=O)CC1. The quantitative estimate of drug-likeness (QED) is 0.886. The molecule has 0 radical (unpaired) electrons. The number of rotatable bonds is 2. The Morgan fingerprint density at radius 1 is 1.33 bits per heavy atom. The van der Waals surface area contributed by atoms with Crippen LogP contribution in [0.1, 0.15) is 18.4 Å². The maximum atomic E-state index is 13.4. The van der Waals surface area contributed by atoms with Gasteiger partial charge < -0.3 is 5.32 Å². The van der Waals surface area contributed by atoms with E-state index in [4.69, 9.17) is 5.26 Å². The Labute approximate surface area is 105 Å². The summed E-state index contributed by atoms with van der Waals surface area (Å²) in [6.07, 6.45) is 0.980. The van der Waals surface area contributed by atoms with Crippen molar-refractivity contribution in [3.8, 4) is 6.07 Å². The standard InChI is InChI=1S/C12H13FN2O2S/c13-11-2-1-3-12(10(11)8-14)15-9-4-6-18(16,17)7-5-9/h1-3,9,15H,4-7H2. The molecule has 4 nitrogen and oxygen atoms in total. The first-order valence-corrected chi connectivity index (χ1v) is 7.49. The molecule has 18 heavy (non-hydrogen) atoms. The minimum absolute atomic E-state index is 0.0223. The zero-order valence-corrected chi connectivity index (χ0v) is 10.5. The molecule has 96 valence electrons. The van der Waals surface area contributed by atoms with Gasteiger partial charge in [0.2, 0.25) is 0 Å². The second-order valence-corrected chi connectivity index (χ2v) is 6.65. The number of hydrogen-bond donors (Lipinski definition) is 1. The van der Waals surface area contributed by atoms with Gasteiger partial charge in [0.15, 0.2) is 0 Å². The molecular formula is C12H13FN2O2S. The van der Waals surface area contributed by atoms with Gasteiger partial charge in [-0.3, -0.25) is 0 Å². The summed E-state index contributed by atoms with van der Waals surface area (Å²) in [7, 11) is -2.91. The average molecular weight is 268 g/mol. The Bertz CT molecular complexity index is 579. The molecule has 0 spiro atoms. The molecule has 1 heterocycles. The average Bonchev–Trinajstić information content (AvgIpc) is 2.32. The van der Waals surface area contributed by atoms with Crippen LogP contribution < -0.4 is 5.32 Å². The van der Waals surface area contributed by atoms with Crippen LogP contribution in [0.25, 0.3) is 0 Å². The number of anilines is 1. The summed E-state index contributed by atoms with van der Waals surface area (Å²) >= 11 is 0.